The highest BCUT2D eigenvalue weighted by molar-refractivity contribution is 4.57. The van der Waals surface area contributed by atoms with E-state index in [-0.39, 0.29) is 0 Å². The van der Waals surface area contributed by atoms with E-state index < -0.39 is 5.09 Å². The molecule has 61 heavy (non-hydrogen) atoms. The molecule has 0 unspecified atom stereocenters. The second-order valence-electron chi connectivity index (χ2n) is 20.0. The summed E-state index contributed by atoms with van der Waals surface area (Å²) in [5.74, 6) is 0. The molecule has 0 saturated heterocycles. The number of hydrogen-bond donors (Lipinski definition) is 0. The summed E-state index contributed by atoms with van der Waals surface area (Å²) in [7, 11) is 0. The lowest BCUT2D eigenvalue weighted by molar-refractivity contribution is -0.929. The average molecular weight is 866 g/mol. The number of quaternary nitrogens is 1. The molecule has 0 heterocycles. The molecule has 0 saturated carbocycles. The van der Waals surface area contributed by atoms with Gasteiger partial charge in [0.05, 0.1) is 31.3 Å². The standard InChI is InChI=1S/C56H116N.NO3/c1-5-9-13-17-21-25-29-33-37-41-45-49-53-57(54-50-46-42-38-34-30-26-22-18-14-10-6-2,55-51-47-43-39-35-31-27-23-19-15-11-7-3)56-52-48-44-40-36-32-28-24-20-16-12-8-4;2-1(3)4/h5-56H2,1-4H3;/q+1;-1. The molecule has 0 N–H and O–H groups in total. The second kappa shape index (κ2) is 55.3. The molecule has 5 nitrogen and oxygen atoms in total. The summed E-state index contributed by atoms with van der Waals surface area (Å²) >= 11 is 0. The van der Waals surface area contributed by atoms with Crippen molar-refractivity contribution in [3.05, 3.63) is 15.3 Å². The summed E-state index contributed by atoms with van der Waals surface area (Å²) in [6.45, 7) is 15.3. The zero-order valence-corrected chi connectivity index (χ0v) is 42.9. The molecule has 0 aromatic rings. The van der Waals surface area contributed by atoms with Gasteiger partial charge in [0.2, 0.25) is 0 Å². The van der Waals surface area contributed by atoms with Gasteiger partial charge in [-0.05, 0) is 51.4 Å². The molecule has 0 aliphatic heterocycles. The van der Waals surface area contributed by atoms with E-state index in [9.17, 15) is 0 Å². The lowest BCUT2D eigenvalue weighted by Crippen LogP contribution is -2.50. The third-order valence-corrected chi connectivity index (χ3v) is 13.9. The van der Waals surface area contributed by atoms with Crippen molar-refractivity contribution in [3.63, 3.8) is 0 Å². The molecule has 0 aromatic carbocycles. The van der Waals surface area contributed by atoms with Crippen LogP contribution in [0.4, 0.5) is 0 Å². The lowest BCUT2D eigenvalue weighted by Gasteiger charge is -2.40. The minimum absolute atomic E-state index is 1.37. The van der Waals surface area contributed by atoms with Crippen LogP contribution >= 0.6 is 0 Å². The van der Waals surface area contributed by atoms with Crippen molar-refractivity contribution in [2.75, 3.05) is 26.2 Å². The van der Waals surface area contributed by atoms with Crippen LogP contribution in [0, 0.1) is 15.3 Å². The molecular weight excluding hydrogens is 749 g/mol. The lowest BCUT2D eigenvalue weighted by atomic mass is 10.0. The van der Waals surface area contributed by atoms with Gasteiger partial charge in [0.25, 0.3) is 0 Å². The Morgan fingerprint density at radius 2 is 0.328 bits per heavy atom. The first-order chi connectivity index (χ1) is 30.0. The van der Waals surface area contributed by atoms with E-state index in [1.54, 1.807) is 0 Å². The van der Waals surface area contributed by atoms with Crippen molar-refractivity contribution >= 4 is 0 Å². The third-order valence-electron chi connectivity index (χ3n) is 13.9. The maximum atomic E-state index is 8.25. The van der Waals surface area contributed by atoms with E-state index in [0.717, 1.165) is 0 Å². The van der Waals surface area contributed by atoms with Crippen molar-refractivity contribution < 1.29 is 9.57 Å². The number of rotatable bonds is 52. The van der Waals surface area contributed by atoms with Gasteiger partial charge in [0.15, 0.2) is 0 Å². The van der Waals surface area contributed by atoms with Crippen LogP contribution in [0.5, 0.6) is 0 Å². The Morgan fingerprint density at radius 3 is 0.443 bits per heavy atom. The summed E-state index contributed by atoms with van der Waals surface area (Å²) in [6, 6.07) is 0. The fraction of sp³-hybridized carbons (Fsp3) is 1.00. The Bertz CT molecular complexity index is 670. The van der Waals surface area contributed by atoms with Crippen LogP contribution in [0.3, 0.4) is 0 Å². The Labute approximate surface area is 385 Å². The normalized spacial score (nSPS) is 11.6. The summed E-state index contributed by atoms with van der Waals surface area (Å²) in [5, 5.41) is 14.8. The van der Waals surface area contributed by atoms with Crippen molar-refractivity contribution in [1.29, 1.82) is 0 Å². The third kappa shape index (κ3) is 55.2. The second-order valence-corrected chi connectivity index (χ2v) is 20.0. The van der Waals surface area contributed by atoms with E-state index in [1.165, 1.54) is 339 Å². The first kappa shape index (κ1) is 62.2. The SMILES string of the molecule is CCCCCCCCCCCCCC[N+](CCCCCCCCCCCCCC)(CCCCCCCCCCCCCC)CCCCCCCCCCCCCC.O=[N+]([O-])[O-]. The molecular formula is C56H116N2O3. The van der Waals surface area contributed by atoms with Crippen LogP contribution in [0.2, 0.25) is 0 Å². The zero-order chi connectivity index (χ0) is 44.8. The molecule has 0 atom stereocenters. The number of unbranched alkanes of at least 4 members (excludes halogenated alkanes) is 44. The summed E-state index contributed by atoms with van der Waals surface area (Å²) in [4.78, 5) is 8.25. The van der Waals surface area contributed by atoms with Gasteiger partial charge >= 0.3 is 0 Å². The first-order valence-corrected chi connectivity index (χ1v) is 28.6. The predicted octanol–water partition coefficient (Wildman–Crippen LogP) is 20.4. The van der Waals surface area contributed by atoms with Crippen LogP contribution in [-0.2, 0) is 0 Å². The van der Waals surface area contributed by atoms with E-state index >= 15 is 0 Å². The molecule has 0 spiro atoms. The Hall–Kier alpha value is -0.840. The van der Waals surface area contributed by atoms with Gasteiger partial charge in [0.1, 0.15) is 0 Å². The van der Waals surface area contributed by atoms with Gasteiger partial charge in [-0.15, -0.1) is 0 Å². The maximum absolute atomic E-state index is 8.25. The molecule has 0 aliphatic rings. The van der Waals surface area contributed by atoms with Crippen molar-refractivity contribution in [3.8, 4) is 0 Å². The van der Waals surface area contributed by atoms with Gasteiger partial charge in [-0.25, -0.2) is 0 Å². The molecule has 0 aliphatic carbocycles. The molecule has 0 bridgehead atoms. The summed E-state index contributed by atoms with van der Waals surface area (Å²) < 4.78 is 1.49. The number of nitrogens with zero attached hydrogens (tertiary/aromatic N) is 2. The topological polar surface area (TPSA) is 66.2 Å². The van der Waals surface area contributed by atoms with E-state index in [0.29, 0.717) is 0 Å². The number of hydrogen-bond acceptors (Lipinski definition) is 3. The molecule has 5 heteroatoms. The minimum Gasteiger partial charge on any atom is -0.356 e. The van der Waals surface area contributed by atoms with E-state index in [4.69, 9.17) is 15.3 Å². The highest BCUT2D eigenvalue weighted by Crippen LogP contribution is 2.22. The maximum Gasteiger partial charge on any atom is 0.0786 e. The summed E-state index contributed by atoms with van der Waals surface area (Å²) in [6.07, 6.45) is 70.7. The fourth-order valence-electron chi connectivity index (χ4n) is 9.82. The molecule has 0 fully saturated rings. The molecule has 0 radical (unpaired) electrons. The van der Waals surface area contributed by atoms with Crippen LogP contribution in [0.1, 0.15) is 336 Å². The minimum atomic E-state index is -1.75. The van der Waals surface area contributed by atoms with Crippen LogP contribution in [0.25, 0.3) is 0 Å². The zero-order valence-electron chi connectivity index (χ0n) is 42.9. The highest BCUT2D eigenvalue weighted by Gasteiger charge is 2.25. The first-order valence-electron chi connectivity index (χ1n) is 28.6. The van der Waals surface area contributed by atoms with Gasteiger partial charge in [-0.1, -0.05) is 285 Å². The Kier molecular flexibility index (Phi) is 56.4. The van der Waals surface area contributed by atoms with Gasteiger partial charge < -0.3 is 19.8 Å². The average Bonchev–Trinajstić information content (AvgIpc) is 3.25. The molecule has 0 amide bonds. The Morgan fingerprint density at radius 1 is 0.230 bits per heavy atom. The van der Waals surface area contributed by atoms with Crippen molar-refractivity contribution in [2.45, 2.75) is 336 Å². The molecule has 0 aromatic heterocycles. The van der Waals surface area contributed by atoms with Gasteiger partial charge in [-0.2, -0.15) is 0 Å². The van der Waals surface area contributed by atoms with Crippen LogP contribution in [-0.4, -0.2) is 35.7 Å². The largest absolute Gasteiger partial charge is 0.356 e. The van der Waals surface area contributed by atoms with Crippen molar-refractivity contribution in [1.82, 2.24) is 0 Å². The summed E-state index contributed by atoms with van der Waals surface area (Å²) in [5.41, 5.74) is 0. The fourth-order valence-corrected chi connectivity index (χ4v) is 9.82. The van der Waals surface area contributed by atoms with Crippen LogP contribution < -0.4 is 0 Å². The smallest absolute Gasteiger partial charge is 0.0786 e. The van der Waals surface area contributed by atoms with E-state index in [2.05, 4.69) is 27.7 Å². The van der Waals surface area contributed by atoms with Gasteiger partial charge in [0, 0.05) is 0 Å². The highest BCUT2D eigenvalue weighted by atomic mass is 16.9. The van der Waals surface area contributed by atoms with Crippen LogP contribution in [0.15, 0.2) is 0 Å². The molecule has 368 valence electrons. The van der Waals surface area contributed by atoms with Gasteiger partial charge in [-0.3, -0.25) is 0 Å². The predicted molar refractivity (Wildman–Crippen MR) is 274 cm³/mol. The Balaban J connectivity index is 0. The van der Waals surface area contributed by atoms with Crippen molar-refractivity contribution in [2.24, 2.45) is 0 Å². The monoisotopic (exact) mass is 865 g/mol. The quantitative estimate of drug-likeness (QED) is 0.0265. The molecule has 0 rings (SSSR count). The van der Waals surface area contributed by atoms with E-state index in [1.807, 2.05) is 0 Å².